The molecule has 1 heterocycles. The third-order valence-electron chi connectivity index (χ3n) is 4.47. The lowest BCUT2D eigenvalue weighted by Gasteiger charge is -2.43. The van der Waals surface area contributed by atoms with Crippen LogP contribution in [0.3, 0.4) is 0 Å². The molecule has 0 bridgehead atoms. The molecule has 1 fully saturated rings. The minimum absolute atomic E-state index is 0.342. The van der Waals surface area contributed by atoms with Crippen molar-refractivity contribution in [3.8, 4) is 6.07 Å². The molecular formula is C15H17NO2. The molecule has 3 rings (SSSR count). The van der Waals surface area contributed by atoms with E-state index in [2.05, 4.69) is 12.1 Å². The van der Waals surface area contributed by atoms with Gasteiger partial charge in [0, 0.05) is 6.61 Å². The summed E-state index contributed by atoms with van der Waals surface area (Å²) in [4.78, 5) is 0. The van der Waals surface area contributed by atoms with Gasteiger partial charge in [0.2, 0.25) is 0 Å². The quantitative estimate of drug-likeness (QED) is 0.822. The topological polar surface area (TPSA) is 53.2 Å². The first kappa shape index (κ1) is 11.7. The molecule has 1 aromatic carbocycles. The Morgan fingerprint density at radius 1 is 1.28 bits per heavy atom. The Labute approximate surface area is 107 Å². The number of fused-ring (bicyclic) bond motifs is 1. The predicted molar refractivity (Wildman–Crippen MR) is 66.8 cm³/mol. The molecule has 0 radical (unpaired) electrons. The lowest BCUT2D eigenvalue weighted by atomic mass is 9.63. The average molecular weight is 243 g/mol. The van der Waals surface area contributed by atoms with Gasteiger partial charge in [-0.25, -0.2) is 0 Å². The van der Waals surface area contributed by atoms with E-state index in [1.54, 1.807) is 0 Å². The molecule has 0 aromatic heterocycles. The number of nitrogens with zero attached hydrogens (tertiary/aromatic N) is 1. The van der Waals surface area contributed by atoms with E-state index >= 15 is 0 Å². The van der Waals surface area contributed by atoms with Crippen LogP contribution in [-0.4, -0.2) is 18.3 Å². The van der Waals surface area contributed by atoms with Gasteiger partial charge in [0.15, 0.2) is 0 Å². The van der Waals surface area contributed by atoms with Crippen molar-refractivity contribution in [1.29, 1.82) is 5.26 Å². The van der Waals surface area contributed by atoms with E-state index in [-0.39, 0.29) is 0 Å². The lowest BCUT2D eigenvalue weighted by molar-refractivity contribution is -0.0772. The predicted octanol–water partition coefficient (Wildman–Crippen LogP) is 2.14. The molecule has 0 saturated carbocycles. The number of rotatable bonds is 1. The molecule has 1 aromatic rings. The molecule has 0 amide bonds. The summed E-state index contributed by atoms with van der Waals surface area (Å²) in [5.41, 5.74) is 0.285. The van der Waals surface area contributed by atoms with Crippen molar-refractivity contribution in [2.45, 2.75) is 31.3 Å². The number of hydrogen-bond donors (Lipinski definition) is 1. The van der Waals surface area contributed by atoms with Crippen LogP contribution in [-0.2, 0) is 16.8 Å². The smallest absolute Gasteiger partial charge is 0.116 e. The molecule has 3 heteroatoms. The van der Waals surface area contributed by atoms with Gasteiger partial charge in [-0.3, -0.25) is 0 Å². The van der Waals surface area contributed by atoms with Crippen LogP contribution >= 0.6 is 0 Å². The average Bonchev–Trinajstić information content (AvgIpc) is 2.90. The summed E-state index contributed by atoms with van der Waals surface area (Å²) in [7, 11) is 0. The Balaban J connectivity index is 2.14. The second-order valence-electron chi connectivity index (χ2n) is 5.37. The molecule has 18 heavy (non-hydrogen) atoms. The molecule has 2 aliphatic rings. The van der Waals surface area contributed by atoms with Crippen LogP contribution in [0.15, 0.2) is 24.3 Å². The summed E-state index contributed by atoms with van der Waals surface area (Å²) in [6, 6.07) is 10.3. The van der Waals surface area contributed by atoms with Crippen molar-refractivity contribution in [3.63, 3.8) is 0 Å². The molecule has 2 atom stereocenters. The highest BCUT2D eigenvalue weighted by molar-refractivity contribution is 5.39. The Kier molecular flexibility index (Phi) is 2.65. The Bertz CT molecular complexity index is 499. The molecule has 0 spiro atoms. The number of aliphatic hydroxyl groups is 1. The Hall–Kier alpha value is -1.37. The molecule has 94 valence electrons. The lowest BCUT2D eigenvalue weighted by Crippen LogP contribution is -2.47. The summed E-state index contributed by atoms with van der Waals surface area (Å²) >= 11 is 0. The third kappa shape index (κ3) is 1.43. The van der Waals surface area contributed by atoms with Gasteiger partial charge in [0.25, 0.3) is 0 Å². The van der Waals surface area contributed by atoms with Crippen molar-refractivity contribution in [3.05, 3.63) is 35.4 Å². The largest absolute Gasteiger partial charge is 0.383 e. The monoisotopic (exact) mass is 243 g/mol. The van der Waals surface area contributed by atoms with Crippen LogP contribution in [0.5, 0.6) is 0 Å². The number of hydrogen-bond acceptors (Lipinski definition) is 3. The second kappa shape index (κ2) is 4.08. The van der Waals surface area contributed by atoms with Gasteiger partial charge in [-0.2, -0.15) is 5.26 Å². The molecule has 3 nitrogen and oxygen atoms in total. The maximum absolute atomic E-state index is 11.2. The number of aryl methyl sites for hydroxylation is 1. The van der Waals surface area contributed by atoms with Gasteiger partial charge < -0.3 is 9.84 Å². The van der Waals surface area contributed by atoms with Crippen LogP contribution in [0.2, 0.25) is 0 Å². The first-order valence-corrected chi connectivity index (χ1v) is 6.52. The van der Waals surface area contributed by atoms with E-state index in [4.69, 9.17) is 4.74 Å². The fraction of sp³-hybridized carbons (Fsp3) is 0.533. The van der Waals surface area contributed by atoms with Crippen molar-refractivity contribution < 1.29 is 9.84 Å². The first-order valence-electron chi connectivity index (χ1n) is 6.52. The maximum atomic E-state index is 11.2. The van der Waals surface area contributed by atoms with E-state index in [0.29, 0.717) is 26.1 Å². The van der Waals surface area contributed by atoms with E-state index < -0.39 is 11.0 Å². The van der Waals surface area contributed by atoms with Crippen LogP contribution in [0.1, 0.15) is 30.4 Å². The normalized spacial score (nSPS) is 34.9. The summed E-state index contributed by atoms with van der Waals surface area (Å²) in [5.74, 6) is 0. The summed E-state index contributed by atoms with van der Waals surface area (Å²) in [6.45, 7) is 0.909. The summed E-state index contributed by atoms with van der Waals surface area (Å²) < 4.78 is 5.40. The zero-order valence-electron chi connectivity index (χ0n) is 10.4. The van der Waals surface area contributed by atoms with Crippen molar-refractivity contribution >= 4 is 0 Å². The highest BCUT2D eigenvalue weighted by Gasteiger charge is 2.55. The first-order chi connectivity index (χ1) is 8.72. The standard InChI is InChI=1S/C15H17NO2/c16-10-14(8-9-18-11-14)15(17)7-3-5-12-4-1-2-6-13(12)15/h1-2,4,6,17H,3,5,7-9,11H2. The summed E-state index contributed by atoms with van der Waals surface area (Å²) in [5, 5.41) is 20.7. The highest BCUT2D eigenvalue weighted by Crippen LogP contribution is 2.51. The minimum Gasteiger partial charge on any atom is -0.383 e. The fourth-order valence-electron chi connectivity index (χ4n) is 3.38. The molecule has 1 N–H and O–H groups in total. The molecule has 1 aliphatic carbocycles. The van der Waals surface area contributed by atoms with E-state index in [1.165, 1.54) is 5.56 Å². The molecule has 2 unspecified atom stereocenters. The van der Waals surface area contributed by atoms with Crippen LogP contribution in [0, 0.1) is 16.7 Å². The van der Waals surface area contributed by atoms with E-state index in [0.717, 1.165) is 18.4 Å². The second-order valence-corrected chi connectivity index (χ2v) is 5.37. The van der Waals surface area contributed by atoms with Gasteiger partial charge >= 0.3 is 0 Å². The minimum atomic E-state index is -1.05. The fourth-order valence-corrected chi connectivity index (χ4v) is 3.38. The molecular weight excluding hydrogens is 226 g/mol. The number of benzene rings is 1. The zero-order valence-corrected chi connectivity index (χ0v) is 10.4. The zero-order chi connectivity index (χ0) is 12.6. The van der Waals surface area contributed by atoms with Crippen LogP contribution in [0.4, 0.5) is 0 Å². The SMILES string of the molecule is N#CC1(C2(O)CCCc3ccccc32)CCOC1. The van der Waals surface area contributed by atoms with Crippen molar-refractivity contribution in [2.24, 2.45) is 5.41 Å². The van der Waals surface area contributed by atoms with E-state index in [1.807, 2.05) is 18.2 Å². The number of ether oxygens (including phenoxy) is 1. The third-order valence-corrected chi connectivity index (χ3v) is 4.47. The van der Waals surface area contributed by atoms with Crippen molar-refractivity contribution in [2.75, 3.05) is 13.2 Å². The summed E-state index contributed by atoms with van der Waals surface area (Å²) in [6.07, 6.45) is 3.19. The molecule has 1 aliphatic heterocycles. The Morgan fingerprint density at radius 2 is 2.11 bits per heavy atom. The van der Waals surface area contributed by atoms with Gasteiger partial charge in [-0.15, -0.1) is 0 Å². The van der Waals surface area contributed by atoms with Gasteiger partial charge in [-0.05, 0) is 36.8 Å². The van der Waals surface area contributed by atoms with Crippen molar-refractivity contribution in [1.82, 2.24) is 0 Å². The van der Waals surface area contributed by atoms with Gasteiger partial charge in [-0.1, -0.05) is 24.3 Å². The Morgan fingerprint density at radius 3 is 2.83 bits per heavy atom. The van der Waals surface area contributed by atoms with Gasteiger partial charge in [0.1, 0.15) is 11.0 Å². The molecule has 1 saturated heterocycles. The maximum Gasteiger partial charge on any atom is 0.116 e. The van der Waals surface area contributed by atoms with E-state index in [9.17, 15) is 10.4 Å². The van der Waals surface area contributed by atoms with Gasteiger partial charge in [0.05, 0.1) is 12.7 Å². The number of nitriles is 1. The van der Waals surface area contributed by atoms with Crippen LogP contribution in [0.25, 0.3) is 0 Å². The highest BCUT2D eigenvalue weighted by atomic mass is 16.5. The van der Waals surface area contributed by atoms with Crippen LogP contribution < -0.4 is 0 Å².